The summed E-state index contributed by atoms with van der Waals surface area (Å²) >= 11 is 1.94. The van der Waals surface area contributed by atoms with Gasteiger partial charge in [0.25, 0.3) is 0 Å². The summed E-state index contributed by atoms with van der Waals surface area (Å²) in [5, 5.41) is 0. The van der Waals surface area contributed by atoms with Crippen molar-refractivity contribution in [1.82, 2.24) is 4.90 Å². The highest BCUT2D eigenvalue weighted by atomic mass is 32.2. The van der Waals surface area contributed by atoms with Gasteiger partial charge in [-0.3, -0.25) is 4.90 Å². The summed E-state index contributed by atoms with van der Waals surface area (Å²) in [5.41, 5.74) is 6.01. The van der Waals surface area contributed by atoms with Crippen LogP contribution in [0.2, 0.25) is 0 Å². The van der Waals surface area contributed by atoms with E-state index in [2.05, 4.69) is 25.1 Å². The SMILES string of the molecule is CSCCC(C)N(C)C(CN)CC1CCCCC1. The van der Waals surface area contributed by atoms with Gasteiger partial charge in [-0.15, -0.1) is 0 Å². The number of nitrogens with zero attached hydrogens (tertiary/aromatic N) is 1. The summed E-state index contributed by atoms with van der Waals surface area (Å²) in [7, 11) is 2.27. The molecule has 108 valence electrons. The second-order valence-electron chi connectivity index (χ2n) is 5.93. The largest absolute Gasteiger partial charge is 0.329 e. The Morgan fingerprint density at radius 3 is 2.50 bits per heavy atom. The molecule has 0 bridgehead atoms. The van der Waals surface area contributed by atoms with Gasteiger partial charge in [0.2, 0.25) is 0 Å². The molecule has 0 aromatic heterocycles. The highest BCUT2D eigenvalue weighted by Gasteiger charge is 2.23. The third-order valence-electron chi connectivity index (χ3n) is 4.61. The molecule has 0 heterocycles. The number of rotatable bonds is 8. The molecule has 0 spiro atoms. The fraction of sp³-hybridized carbons (Fsp3) is 1.00. The van der Waals surface area contributed by atoms with Gasteiger partial charge in [0.1, 0.15) is 0 Å². The average molecular weight is 273 g/mol. The molecule has 0 aliphatic heterocycles. The van der Waals surface area contributed by atoms with E-state index in [-0.39, 0.29) is 0 Å². The number of thioether (sulfide) groups is 1. The van der Waals surface area contributed by atoms with Gasteiger partial charge < -0.3 is 5.73 Å². The summed E-state index contributed by atoms with van der Waals surface area (Å²) in [6.45, 7) is 3.16. The van der Waals surface area contributed by atoms with Crippen LogP contribution >= 0.6 is 11.8 Å². The van der Waals surface area contributed by atoms with E-state index in [4.69, 9.17) is 5.73 Å². The molecule has 0 amide bonds. The first-order chi connectivity index (χ1) is 8.69. The zero-order valence-electron chi connectivity index (χ0n) is 12.5. The van der Waals surface area contributed by atoms with Gasteiger partial charge in [-0.1, -0.05) is 32.1 Å². The van der Waals surface area contributed by atoms with E-state index in [9.17, 15) is 0 Å². The van der Waals surface area contributed by atoms with Crippen LogP contribution in [-0.4, -0.2) is 42.6 Å². The van der Waals surface area contributed by atoms with Crippen molar-refractivity contribution >= 4 is 11.8 Å². The van der Waals surface area contributed by atoms with Crippen molar-refractivity contribution in [1.29, 1.82) is 0 Å². The third-order valence-corrected chi connectivity index (χ3v) is 5.26. The zero-order chi connectivity index (χ0) is 13.4. The standard InChI is InChI=1S/C15H32N2S/c1-13(9-10-18-3)17(2)15(12-16)11-14-7-5-4-6-8-14/h13-15H,4-12,16H2,1-3H3. The molecule has 0 saturated heterocycles. The van der Waals surface area contributed by atoms with Crippen molar-refractivity contribution in [2.24, 2.45) is 11.7 Å². The molecule has 1 fully saturated rings. The Hall–Kier alpha value is 0.270. The summed E-state index contributed by atoms with van der Waals surface area (Å²) in [5.74, 6) is 2.19. The first kappa shape index (κ1) is 16.3. The average Bonchev–Trinajstić information content (AvgIpc) is 2.42. The second kappa shape index (κ2) is 9.22. The maximum Gasteiger partial charge on any atom is 0.0220 e. The Morgan fingerprint density at radius 2 is 1.94 bits per heavy atom. The highest BCUT2D eigenvalue weighted by Crippen LogP contribution is 2.28. The Balaban J connectivity index is 2.37. The van der Waals surface area contributed by atoms with E-state index in [1.807, 2.05) is 11.8 Å². The number of nitrogens with two attached hydrogens (primary N) is 1. The molecule has 1 rings (SSSR count). The third kappa shape index (κ3) is 5.50. The predicted octanol–water partition coefficient (Wildman–Crippen LogP) is 3.36. The lowest BCUT2D eigenvalue weighted by molar-refractivity contribution is 0.148. The number of hydrogen-bond acceptors (Lipinski definition) is 3. The van der Waals surface area contributed by atoms with Crippen molar-refractivity contribution in [3.8, 4) is 0 Å². The van der Waals surface area contributed by atoms with Crippen molar-refractivity contribution < 1.29 is 0 Å². The van der Waals surface area contributed by atoms with E-state index < -0.39 is 0 Å². The van der Waals surface area contributed by atoms with Gasteiger partial charge in [0, 0.05) is 18.6 Å². The Labute approximate surface area is 118 Å². The van der Waals surface area contributed by atoms with Crippen LogP contribution in [0.1, 0.15) is 51.9 Å². The minimum absolute atomic E-state index is 0.588. The number of hydrogen-bond donors (Lipinski definition) is 1. The monoisotopic (exact) mass is 272 g/mol. The van der Waals surface area contributed by atoms with Gasteiger partial charge >= 0.3 is 0 Å². The molecule has 18 heavy (non-hydrogen) atoms. The molecule has 2 atom stereocenters. The molecular formula is C15H32N2S. The van der Waals surface area contributed by atoms with Crippen LogP contribution in [-0.2, 0) is 0 Å². The summed E-state index contributed by atoms with van der Waals surface area (Å²) in [4.78, 5) is 2.53. The van der Waals surface area contributed by atoms with Gasteiger partial charge in [0.15, 0.2) is 0 Å². The van der Waals surface area contributed by atoms with E-state index >= 15 is 0 Å². The molecule has 2 nitrogen and oxygen atoms in total. The second-order valence-corrected chi connectivity index (χ2v) is 6.91. The summed E-state index contributed by atoms with van der Waals surface area (Å²) < 4.78 is 0. The van der Waals surface area contributed by atoms with E-state index in [0.717, 1.165) is 12.5 Å². The Morgan fingerprint density at radius 1 is 1.28 bits per heavy atom. The molecule has 0 aromatic rings. The minimum atomic E-state index is 0.588. The maximum atomic E-state index is 6.01. The molecule has 1 aliphatic rings. The molecule has 2 N–H and O–H groups in total. The topological polar surface area (TPSA) is 29.3 Å². The maximum absolute atomic E-state index is 6.01. The molecule has 3 heteroatoms. The van der Waals surface area contributed by atoms with E-state index in [1.165, 1.54) is 50.7 Å². The van der Waals surface area contributed by atoms with Gasteiger partial charge in [-0.05, 0) is 44.7 Å². The van der Waals surface area contributed by atoms with Crippen molar-refractivity contribution in [3.05, 3.63) is 0 Å². The quantitative estimate of drug-likeness (QED) is 0.734. The Kier molecular flexibility index (Phi) is 8.36. The smallest absolute Gasteiger partial charge is 0.0220 e. The normalized spacial score (nSPS) is 21.2. The molecule has 1 saturated carbocycles. The van der Waals surface area contributed by atoms with Crippen LogP contribution in [0.3, 0.4) is 0 Å². The van der Waals surface area contributed by atoms with Crippen LogP contribution in [0.5, 0.6) is 0 Å². The van der Waals surface area contributed by atoms with Crippen molar-refractivity contribution in [2.75, 3.05) is 25.6 Å². The first-order valence-electron chi connectivity index (χ1n) is 7.60. The molecular weight excluding hydrogens is 240 g/mol. The van der Waals surface area contributed by atoms with E-state index in [1.54, 1.807) is 0 Å². The van der Waals surface area contributed by atoms with Crippen LogP contribution in [0, 0.1) is 5.92 Å². The lowest BCUT2D eigenvalue weighted by Crippen LogP contribution is -2.44. The molecule has 0 aromatic carbocycles. The predicted molar refractivity (Wildman–Crippen MR) is 84.3 cm³/mol. The zero-order valence-corrected chi connectivity index (χ0v) is 13.3. The van der Waals surface area contributed by atoms with E-state index in [0.29, 0.717) is 12.1 Å². The summed E-state index contributed by atoms with van der Waals surface area (Å²) in [6.07, 6.45) is 12.0. The lowest BCUT2D eigenvalue weighted by Gasteiger charge is -2.35. The van der Waals surface area contributed by atoms with Crippen LogP contribution in [0.15, 0.2) is 0 Å². The van der Waals surface area contributed by atoms with Gasteiger partial charge in [-0.25, -0.2) is 0 Å². The fourth-order valence-electron chi connectivity index (χ4n) is 3.09. The van der Waals surface area contributed by atoms with Crippen LogP contribution < -0.4 is 5.73 Å². The van der Waals surface area contributed by atoms with Gasteiger partial charge in [-0.2, -0.15) is 11.8 Å². The van der Waals surface area contributed by atoms with Crippen molar-refractivity contribution in [2.45, 2.75) is 64.0 Å². The van der Waals surface area contributed by atoms with Gasteiger partial charge in [0.05, 0.1) is 0 Å². The lowest BCUT2D eigenvalue weighted by atomic mass is 9.84. The Bertz CT molecular complexity index is 205. The summed E-state index contributed by atoms with van der Waals surface area (Å²) in [6, 6.07) is 1.25. The van der Waals surface area contributed by atoms with Crippen molar-refractivity contribution in [3.63, 3.8) is 0 Å². The first-order valence-corrected chi connectivity index (χ1v) is 8.99. The van der Waals surface area contributed by atoms with Crippen LogP contribution in [0.4, 0.5) is 0 Å². The fourth-order valence-corrected chi connectivity index (χ4v) is 3.67. The minimum Gasteiger partial charge on any atom is -0.329 e. The molecule has 0 radical (unpaired) electrons. The molecule has 2 unspecified atom stereocenters. The molecule has 1 aliphatic carbocycles. The van der Waals surface area contributed by atoms with Crippen LogP contribution in [0.25, 0.3) is 0 Å². The highest BCUT2D eigenvalue weighted by molar-refractivity contribution is 7.98. The number of likely N-dealkylation sites (N-methyl/N-ethyl adjacent to an activating group) is 1.